The van der Waals surface area contributed by atoms with Crippen molar-refractivity contribution < 1.29 is 9.00 Å². The van der Waals surface area contributed by atoms with Crippen LogP contribution >= 0.6 is 0 Å². The van der Waals surface area contributed by atoms with Crippen LogP contribution < -0.4 is 5.32 Å². The van der Waals surface area contributed by atoms with Crippen LogP contribution in [0.5, 0.6) is 0 Å². The lowest BCUT2D eigenvalue weighted by Crippen LogP contribution is -2.37. The van der Waals surface area contributed by atoms with Crippen LogP contribution in [0.15, 0.2) is 0 Å². The summed E-state index contributed by atoms with van der Waals surface area (Å²) < 4.78 is 11.8. The van der Waals surface area contributed by atoms with Crippen molar-refractivity contribution in [3.63, 3.8) is 0 Å². The first-order valence-corrected chi connectivity index (χ1v) is 8.16. The van der Waals surface area contributed by atoms with Crippen molar-refractivity contribution in [3.05, 3.63) is 0 Å². The second-order valence-corrected chi connectivity index (χ2v) is 6.96. The summed E-state index contributed by atoms with van der Waals surface area (Å²) in [4.78, 5) is 13.5. The number of amides is 1. The van der Waals surface area contributed by atoms with Crippen molar-refractivity contribution in [3.8, 4) is 0 Å². The topological polar surface area (TPSA) is 49.4 Å². The molecule has 1 N–H and O–H groups in total. The van der Waals surface area contributed by atoms with Gasteiger partial charge in [-0.25, -0.2) is 0 Å². The third kappa shape index (κ3) is 8.64. The van der Waals surface area contributed by atoms with E-state index in [2.05, 4.69) is 26.1 Å². The van der Waals surface area contributed by atoms with E-state index in [4.69, 9.17) is 0 Å². The van der Waals surface area contributed by atoms with Gasteiger partial charge < -0.3 is 10.2 Å². The van der Waals surface area contributed by atoms with Gasteiger partial charge in [-0.2, -0.15) is 0 Å². The minimum Gasteiger partial charge on any atom is -0.342 e. The summed E-state index contributed by atoms with van der Waals surface area (Å²) in [6.45, 7) is 12.4. The Labute approximate surface area is 114 Å². The van der Waals surface area contributed by atoms with E-state index in [9.17, 15) is 9.00 Å². The van der Waals surface area contributed by atoms with E-state index in [1.807, 2.05) is 13.8 Å². The number of nitrogens with one attached hydrogen (secondary N) is 1. The number of hydrogen-bond acceptors (Lipinski definition) is 3. The smallest absolute Gasteiger partial charge is 0.235 e. The lowest BCUT2D eigenvalue weighted by atomic mass is 10.1. The van der Waals surface area contributed by atoms with Crippen LogP contribution in [-0.2, 0) is 15.6 Å². The molecule has 0 saturated carbocycles. The summed E-state index contributed by atoms with van der Waals surface area (Å²) in [6.07, 6.45) is 0.843. The summed E-state index contributed by atoms with van der Waals surface area (Å²) in [5, 5.41) is 3.35. The minimum atomic E-state index is -1.03. The molecule has 4 nitrogen and oxygen atoms in total. The highest BCUT2D eigenvalue weighted by atomic mass is 32.2. The molecular weight excluding hydrogens is 248 g/mol. The molecule has 0 heterocycles. The summed E-state index contributed by atoms with van der Waals surface area (Å²) >= 11 is 0. The number of carbonyl (C=O) groups is 1. The maximum Gasteiger partial charge on any atom is 0.235 e. The standard InChI is InChI=1S/C13H28N2O2S/c1-6-15(7-2)12(16)11-18(17)10-8-9-14-13(3,4)5/h14H,6-11H2,1-5H3. The molecule has 0 aliphatic carbocycles. The third-order valence-electron chi connectivity index (χ3n) is 2.60. The molecular formula is C13H28N2O2S. The van der Waals surface area contributed by atoms with Crippen molar-refractivity contribution in [1.29, 1.82) is 0 Å². The van der Waals surface area contributed by atoms with Crippen LogP contribution in [0.1, 0.15) is 41.0 Å². The normalized spacial score (nSPS) is 13.4. The van der Waals surface area contributed by atoms with E-state index in [0.717, 1.165) is 13.0 Å². The van der Waals surface area contributed by atoms with Crippen molar-refractivity contribution in [1.82, 2.24) is 10.2 Å². The summed E-state index contributed by atoms with van der Waals surface area (Å²) in [5.74, 6) is 0.759. The molecule has 5 heteroatoms. The maximum absolute atomic E-state index is 11.8. The Bertz CT molecular complexity index is 271. The molecule has 0 aliphatic heterocycles. The van der Waals surface area contributed by atoms with Crippen molar-refractivity contribution in [2.45, 2.75) is 46.6 Å². The third-order valence-corrected chi connectivity index (χ3v) is 3.92. The molecule has 18 heavy (non-hydrogen) atoms. The number of nitrogens with zero attached hydrogens (tertiary/aromatic N) is 1. The maximum atomic E-state index is 11.8. The molecule has 0 saturated heterocycles. The Morgan fingerprint density at radius 3 is 2.22 bits per heavy atom. The van der Waals surface area contributed by atoms with Gasteiger partial charge in [0.15, 0.2) is 0 Å². The van der Waals surface area contributed by atoms with E-state index < -0.39 is 10.8 Å². The van der Waals surface area contributed by atoms with E-state index in [1.54, 1.807) is 4.90 Å². The molecule has 0 aliphatic rings. The fourth-order valence-corrected chi connectivity index (χ4v) is 2.64. The molecule has 0 aromatic heterocycles. The highest BCUT2D eigenvalue weighted by Crippen LogP contribution is 1.99. The predicted molar refractivity (Wildman–Crippen MR) is 78.2 cm³/mol. The minimum absolute atomic E-state index is 0.00196. The molecule has 0 aromatic carbocycles. The highest BCUT2D eigenvalue weighted by Gasteiger charge is 2.13. The van der Waals surface area contributed by atoms with E-state index in [0.29, 0.717) is 18.8 Å². The Balaban J connectivity index is 3.81. The van der Waals surface area contributed by atoms with Gasteiger partial charge in [0.1, 0.15) is 5.75 Å². The Kier molecular flexibility index (Phi) is 8.44. The predicted octanol–water partition coefficient (Wildman–Crippen LogP) is 1.38. The van der Waals surface area contributed by atoms with Crippen LogP contribution in [0.25, 0.3) is 0 Å². The Hall–Kier alpha value is -0.420. The van der Waals surface area contributed by atoms with Crippen molar-refractivity contribution in [2.75, 3.05) is 31.1 Å². The van der Waals surface area contributed by atoms with Gasteiger partial charge in [0.2, 0.25) is 5.91 Å². The van der Waals surface area contributed by atoms with Crippen LogP contribution in [0.4, 0.5) is 0 Å². The SMILES string of the molecule is CCN(CC)C(=O)CS(=O)CCCNC(C)(C)C. The quantitative estimate of drug-likeness (QED) is 0.681. The van der Waals surface area contributed by atoms with Crippen molar-refractivity contribution in [2.24, 2.45) is 0 Å². The fraction of sp³-hybridized carbons (Fsp3) is 0.923. The molecule has 0 spiro atoms. The average Bonchev–Trinajstić information content (AvgIpc) is 2.25. The second kappa shape index (κ2) is 8.64. The molecule has 1 amide bonds. The van der Waals surface area contributed by atoms with Gasteiger partial charge in [0.05, 0.1) is 0 Å². The first-order chi connectivity index (χ1) is 8.30. The van der Waals surface area contributed by atoms with Gasteiger partial charge in [-0.3, -0.25) is 9.00 Å². The zero-order valence-electron chi connectivity index (χ0n) is 12.4. The summed E-state index contributed by atoms with van der Waals surface area (Å²) in [6, 6.07) is 0. The first-order valence-electron chi connectivity index (χ1n) is 6.68. The zero-order chi connectivity index (χ0) is 14.2. The molecule has 1 unspecified atom stereocenters. The molecule has 108 valence electrons. The molecule has 0 fully saturated rings. The van der Waals surface area contributed by atoms with Gasteiger partial charge in [-0.15, -0.1) is 0 Å². The molecule has 0 rings (SSSR count). The molecule has 1 atom stereocenters. The van der Waals surface area contributed by atoms with E-state index in [1.165, 1.54) is 0 Å². The first kappa shape index (κ1) is 17.6. The number of hydrogen-bond donors (Lipinski definition) is 1. The lowest BCUT2D eigenvalue weighted by Gasteiger charge is -2.20. The number of carbonyl (C=O) groups excluding carboxylic acids is 1. The van der Waals surface area contributed by atoms with Gasteiger partial charge in [-0.05, 0) is 47.6 Å². The summed E-state index contributed by atoms with van der Waals surface area (Å²) in [5.41, 5.74) is 0.0958. The van der Waals surface area contributed by atoms with Crippen LogP contribution in [0.2, 0.25) is 0 Å². The van der Waals surface area contributed by atoms with Gasteiger partial charge >= 0.3 is 0 Å². The summed E-state index contributed by atoms with van der Waals surface area (Å²) in [7, 11) is -1.03. The van der Waals surface area contributed by atoms with E-state index >= 15 is 0 Å². The Morgan fingerprint density at radius 1 is 1.22 bits per heavy atom. The highest BCUT2D eigenvalue weighted by molar-refractivity contribution is 7.85. The largest absolute Gasteiger partial charge is 0.342 e. The zero-order valence-corrected chi connectivity index (χ0v) is 13.2. The molecule has 0 radical (unpaired) electrons. The number of rotatable bonds is 8. The monoisotopic (exact) mass is 276 g/mol. The van der Waals surface area contributed by atoms with Crippen LogP contribution in [0, 0.1) is 0 Å². The molecule has 0 bridgehead atoms. The van der Waals surface area contributed by atoms with Gasteiger partial charge in [-0.1, -0.05) is 0 Å². The van der Waals surface area contributed by atoms with Crippen LogP contribution in [0.3, 0.4) is 0 Å². The second-order valence-electron chi connectivity index (χ2n) is 5.38. The fourth-order valence-electron chi connectivity index (χ4n) is 1.57. The average molecular weight is 276 g/mol. The lowest BCUT2D eigenvalue weighted by molar-refractivity contribution is -0.128. The van der Waals surface area contributed by atoms with Crippen LogP contribution in [-0.4, -0.2) is 51.7 Å². The van der Waals surface area contributed by atoms with E-state index in [-0.39, 0.29) is 17.2 Å². The molecule has 0 aromatic rings. The van der Waals surface area contributed by atoms with Gasteiger partial charge in [0, 0.05) is 35.2 Å². The van der Waals surface area contributed by atoms with Crippen molar-refractivity contribution >= 4 is 16.7 Å². The van der Waals surface area contributed by atoms with Gasteiger partial charge in [0.25, 0.3) is 0 Å². The Morgan fingerprint density at radius 2 is 1.78 bits per heavy atom.